The average molecular weight is 172 g/mol. The summed E-state index contributed by atoms with van der Waals surface area (Å²) in [6, 6.07) is 0. The molecule has 0 N–H and O–H groups in total. The Balaban J connectivity index is 0. The van der Waals surface area contributed by atoms with Crippen LogP contribution in [0, 0.1) is 5.92 Å². The maximum absolute atomic E-state index is 9.56. The van der Waals surface area contributed by atoms with Crippen LogP contribution in [-0.4, -0.2) is 6.29 Å². The van der Waals surface area contributed by atoms with Gasteiger partial charge in [-0.05, 0) is 12.3 Å². The van der Waals surface area contributed by atoms with Gasteiger partial charge in [0.25, 0.3) is 0 Å². The van der Waals surface area contributed by atoms with Gasteiger partial charge in [0.1, 0.15) is 6.29 Å². The fourth-order valence-corrected chi connectivity index (χ4v) is 0.576. The number of carbonyl (C=O) groups is 1. The number of hydrogen-bond acceptors (Lipinski definition) is 1. The van der Waals surface area contributed by atoms with E-state index in [4.69, 9.17) is 0 Å². The summed E-state index contributed by atoms with van der Waals surface area (Å²) in [6.45, 7) is 8.81. The van der Waals surface area contributed by atoms with Gasteiger partial charge in [-0.2, -0.15) is 0 Å². The Morgan fingerprint density at radius 2 is 1.67 bits per heavy atom. The standard InChI is InChI=1S/C6H14.C5H10O/c1-4-6(3)5-2;1-2-3-4-5-6/h6H,4-5H2,1-3H3;5H,2-4H2,1H3. The van der Waals surface area contributed by atoms with Crippen LogP contribution >= 0.6 is 0 Å². The van der Waals surface area contributed by atoms with Gasteiger partial charge in [0.15, 0.2) is 0 Å². The van der Waals surface area contributed by atoms with Crippen LogP contribution in [0.15, 0.2) is 0 Å². The van der Waals surface area contributed by atoms with Crippen LogP contribution in [0.5, 0.6) is 0 Å². The van der Waals surface area contributed by atoms with Gasteiger partial charge in [-0.15, -0.1) is 0 Å². The quantitative estimate of drug-likeness (QED) is 0.455. The number of aldehydes is 1. The van der Waals surface area contributed by atoms with Crippen molar-refractivity contribution in [3.05, 3.63) is 0 Å². The Morgan fingerprint density at radius 1 is 1.17 bits per heavy atom. The highest BCUT2D eigenvalue weighted by molar-refractivity contribution is 5.48. The summed E-state index contributed by atoms with van der Waals surface area (Å²) >= 11 is 0. The molecule has 74 valence electrons. The fraction of sp³-hybridized carbons (Fsp3) is 0.909. The minimum Gasteiger partial charge on any atom is -0.303 e. The first-order valence-corrected chi connectivity index (χ1v) is 5.16. The van der Waals surface area contributed by atoms with Crippen molar-refractivity contribution >= 4 is 6.29 Å². The first kappa shape index (κ1) is 14.2. The molecule has 0 atom stereocenters. The SMILES string of the molecule is CCC(C)CC.CCCCC=O. The molecule has 0 unspecified atom stereocenters. The lowest BCUT2D eigenvalue weighted by Gasteiger charge is -1.98. The van der Waals surface area contributed by atoms with Crippen LogP contribution < -0.4 is 0 Å². The zero-order chi connectivity index (χ0) is 9.82. The highest BCUT2D eigenvalue weighted by Crippen LogP contribution is 2.02. The second kappa shape index (κ2) is 13.3. The van der Waals surface area contributed by atoms with E-state index in [-0.39, 0.29) is 0 Å². The van der Waals surface area contributed by atoms with Gasteiger partial charge in [-0.25, -0.2) is 0 Å². The summed E-state index contributed by atoms with van der Waals surface area (Å²) in [5, 5.41) is 0. The third kappa shape index (κ3) is 16.3. The van der Waals surface area contributed by atoms with E-state index in [0.29, 0.717) is 0 Å². The molecular weight excluding hydrogens is 148 g/mol. The molecule has 0 aromatic carbocycles. The molecule has 0 saturated heterocycles. The Hall–Kier alpha value is -0.330. The van der Waals surface area contributed by atoms with E-state index < -0.39 is 0 Å². The van der Waals surface area contributed by atoms with E-state index in [9.17, 15) is 4.79 Å². The second-order valence-electron chi connectivity index (χ2n) is 3.23. The predicted octanol–water partition coefficient (Wildman–Crippen LogP) is 3.82. The number of unbranched alkanes of at least 4 members (excludes halogenated alkanes) is 2. The highest BCUT2D eigenvalue weighted by atomic mass is 16.1. The van der Waals surface area contributed by atoms with Crippen LogP contribution in [0.3, 0.4) is 0 Å². The van der Waals surface area contributed by atoms with Crippen LogP contribution in [0.1, 0.15) is 59.8 Å². The van der Waals surface area contributed by atoms with Crippen LogP contribution in [-0.2, 0) is 4.79 Å². The zero-order valence-corrected chi connectivity index (χ0v) is 9.10. The van der Waals surface area contributed by atoms with E-state index in [1.54, 1.807) is 0 Å². The smallest absolute Gasteiger partial charge is 0.119 e. The largest absolute Gasteiger partial charge is 0.303 e. The van der Waals surface area contributed by atoms with Crippen molar-refractivity contribution in [2.45, 2.75) is 59.8 Å². The molecular formula is C11H24O. The molecule has 1 heteroatoms. The molecule has 0 heterocycles. The Bertz CT molecular complexity index is 75.1. The van der Waals surface area contributed by atoms with E-state index >= 15 is 0 Å². The Kier molecular flexibility index (Phi) is 15.7. The first-order valence-electron chi connectivity index (χ1n) is 5.16. The van der Waals surface area contributed by atoms with Crippen LogP contribution in [0.4, 0.5) is 0 Å². The van der Waals surface area contributed by atoms with Gasteiger partial charge < -0.3 is 4.79 Å². The Morgan fingerprint density at radius 3 is 1.75 bits per heavy atom. The summed E-state index contributed by atoms with van der Waals surface area (Å²) in [5.41, 5.74) is 0. The lowest BCUT2D eigenvalue weighted by molar-refractivity contribution is -0.107. The molecule has 0 bridgehead atoms. The summed E-state index contributed by atoms with van der Waals surface area (Å²) < 4.78 is 0. The van der Waals surface area contributed by atoms with E-state index in [1.165, 1.54) is 12.8 Å². The topological polar surface area (TPSA) is 17.1 Å². The molecule has 0 aliphatic carbocycles. The molecule has 0 rings (SSSR count). The van der Waals surface area contributed by atoms with Crippen molar-refractivity contribution in [2.24, 2.45) is 5.92 Å². The van der Waals surface area contributed by atoms with Gasteiger partial charge in [0.05, 0.1) is 0 Å². The van der Waals surface area contributed by atoms with Gasteiger partial charge in [0.2, 0.25) is 0 Å². The minimum atomic E-state index is 0.733. The van der Waals surface area contributed by atoms with Crippen molar-refractivity contribution in [1.82, 2.24) is 0 Å². The van der Waals surface area contributed by atoms with Gasteiger partial charge in [-0.1, -0.05) is 47.0 Å². The van der Waals surface area contributed by atoms with Gasteiger partial charge in [-0.3, -0.25) is 0 Å². The average Bonchev–Trinajstić information content (AvgIpc) is 2.14. The molecule has 12 heavy (non-hydrogen) atoms. The highest BCUT2D eigenvalue weighted by Gasteiger charge is 1.88. The molecule has 0 amide bonds. The molecule has 1 nitrogen and oxygen atoms in total. The maximum Gasteiger partial charge on any atom is 0.119 e. The van der Waals surface area contributed by atoms with Crippen molar-refractivity contribution in [2.75, 3.05) is 0 Å². The van der Waals surface area contributed by atoms with Crippen molar-refractivity contribution in [3.8, 4) is 0 Å². The van der Waals surface area contributed by atoms with Crippen LogP contribution in [0.25, 0.3) is 0 Å². The van der Waals surface area contributed by atoms with Crippen LogP contribution in [0.2, 0.25) is 0 Å². The third-order valence-corrected chi connectivity index (χ3v) is 2.07. The van der Waals surface area contributed by atoms with E-state index in [1.807, 2.05) is 0 Å². The van der Waals surface area contributed by atoms with Crippen molar-refractivity contribution < 1.29 is 4.79 Å². The third-order valence-electron chi connectivity index (χ3n) is 2.07. The van der Waals surface area contributed by atoms with Gasteiger partial charge in [0, 0.05) is 6.42 Å². The summed E-state index contributed by atoms with van der Waals surface area (Å²) in [6.07, 6.45) is 6.52. The minimum absolute atomic E-state index is 0.733. The molecule has 0 aromatic heterocycles. The van der Waals surface area contributed by atoms with Gasteiger partial charge >= 0.3 is 0 Å². The normalized spacial score (nSPS) is 9.08. The van der Waals surface area contributed by atoms with Crippen molar-refractivity contribution in [1.29, 1.82) is 0 Å². The number of hydrogen-bond donors (Lipinski definition) is 0. The maximum atomic E-state index is 9.56. The lowest BCUT2D eigenvalue weighted by atomic mass is 10.1. The molecule has 0 radical (unpaired) electrons. The summed E-state index contributed by atoms with van der Waals surface area (Å²) in [4.78, 5) is 9.56. The second-order valence-corrected chi connectivity index (χ2v) is 3.23. The van der Waals surface area contributed by atoms with E-state index in [0.717, 1.165) is 31.5 Å². The monoisotopic (exact) mass is 172 g/mol. The zero-order valence-electron chi connectivity index (χ0n) is 9.10. The predicted molar refractivity (Wildman–Crippen MR) is 55.3 cm³/mol. The summed E-state index contributed by atoms with van der Waals surface area (Å²) in [7, 11) is 0. The lowest BCUT2D eigenvalue weighted by Crippen LogP contribution is -1.85. The fourth-order valence-electron chi connectivity index (χ4n) is 0.576. The summed E-state index contributed by atoms with van der Waals surface area (Å²) in [5.74, 6) is 0.935. The van der Waals surface area contributed by atoms with Crippen molar-refractivity contribution in [3.63, 3.8) is 0 Å². The number of carbonyl (C=O) groups excluding carboxylic acids is 1. The molecule has 0 aliphatic heterocycles. The Labute approximate surface area is 77.6 Å². The molecule has 0 saturated carbocycles. The molecule has 0 aliphatic rings. The molecule has 0 aromatic rings. The first-order chi connectivity index (χ1) is 5.72. The van der Waals surface area contributed by atoms with E-state index in [2.05, 4.69) is 27.7 Å². The molecule has 0 fully saturated rings. The molecule has 0 spiro atoms. The number of rotatable bonds is 5.